The van der Waals surface area contributed by atoms with Crippen molar-refractivity contribution in [2.24, 2.45) is 0 Å². The van der Waals surface area contributed by atoms with Crippen LogP contribution in [0.2, 0.25) is 0 Å². The molecule has 0 fully saturated rings. The zero-order valence-corrected chi connectivity index (χ0v) is 18.2. The smallest absolute Gasteiger partial charge is 0.257 e. The van der Waals surface area contributed by atoms with Gasteiger partial charge in [-0.25, -0.2) is 15.0 Å². The summed E-state index contributed by atoms with van der Waals surface area (Å²) in [6.45, 7) is 4.00. The Labute approximate surface area is 191 Å². The van der Waals surface area contributed by atoms with E-state index in [0.29, 0.717) is 23.4 Å². The fourth-order valence-electron chi connectivity index (χ4n) is 3.42. The Balaban J connectivity index is 1.48. The number of hydrogen-bond acceptors (Lipinski definition) is 7. The van der Waals surface area contributed by atoms with Gasteiger partial charge in [0.1, 0.15) is 11.8 Å². The molecule has 8 nitrogen and oxygen atoms in total. The normalized spacial score (nSPS) is 11.4. The van der Waals surface area contributed by atoms with Crippen LogP contribution in [0.25, 0.3) is 11.4 Å². The van der Waals surface area contributed by atoms with Gasteiger partial charge in [-0.2, -0.15) is 5.26 Å². The van der Waals surface area contributed by atoms with Gasteiger partial charge < -0.3 is 5.32 Å². The first-order chi connectivity index (χ1) is 16.0. The lowest BCUT2D eigenvalue weighted by Crippen LogP contribution is -2.13. The molecule has 162 valence electrons. The minimum Gasteiger partial charge on any atom is -0.322 e. The van der Waals surface area contributed by atoms with E-state index >= 15 is 0 Å². The Morgan fingerprint density at radius 3 is 2.73 bits per heavy atom. The Morgan fingerprint density at radius 1 is 1.06 bits per heavy atom. The topological polar surface area (TPSA) is 117 Å². The van der Waals surface area contributed by atoms with Gasteiger partial charge in [-0.15, -0.1) is 0 Å². The van der Waals surface area contributed by atoms with Crippen LogP contribution in [-0.2, 0) is 6.42 Å². The molecule has 0 saturated carbocycles. The number of hydrogen-bond donors (Lipinski definition) is 1. The Bertz CT molecular complexity index is 1350. The highest BCUT2D eigenvalue weighted by Crippen LogP contribution is 2.24. The van der Waals surface area contributed by atoms with Gasteiger partial charge in [-0.1, -0.05) is 19.1 Å². The van der Waals surface area contributed by atoms with Gasteiger partial charge in [0.05, 0.1) is 23.1 Å². The molecule has 0 aliphatic heterocycles. The maximum absolute atomic E-state index is 12.6. The highest BCUT2D eigenvalue weighted by molar-refractivity contribution is 6.04. The summed E-state index contributed by atoms with van der Waals surface area (Å²) in [5.74, 6) is 0.0247. The summed E-state index contributed by atoms with van der Waals surface area (Å²) >= 11 is 0. The third kappa shape index (κ3) is 5.40. The Morgan fingerprint density at radius 2 is 1.91 bits per heavy atom. The summed E-state index contributed by atoms with van der Waals surface area (Å²) in [4.78, 5) is 33.7. The SMILES string of the molecule is Cc1cncc(C(=O)Nc2cccc([C@H](C)Cc3cncc(-c4ccnc(C#N)n4)n3)c2)c1. The molecule has 0 aliphatic carbocycles. The minimum atomic E-state index is -0.198. The fourth-order valence-corrected chi connectivity index (χ4v) is 3.42. The zero-order valence-electron chi connectivity index (χ0n) is 18.2. The van der Waals surface area contributed by atoms with E-state index in [-0.39, 0.29) is 17.6 Å². The molecule has 0 saturated heterocycles. The van der Waals surface area contributed by atoms with Crippen molar-refractivity contribution in [3.8, 4) is 17.5 Å². The van der Waals surface area contributed by atoms with Gasteiger partial charge in [0, 0.05) is 30.5 Å². The van der Waals surface area contributed by atoms with Crippen LogP contribution >= 0.6 is 0 Å². The highest BCUT2D eigenvalue weighted by atomic mass is 16.1. The number of nitrogens with one attached hydrogen (secondary N) is 1. The lowest BCUT2D eigenvalue weighted by Gasteiger charge is -2.14. The number of amides is 1. The van der Waals surface area contributed by atoms with Gasteiger partial charge >= 0.3 is 0 Å². The van der Waals surface area contributed by atoms with E-state index in [1.165, 1.54) is 6.20 Å². The number of rotatable bonds is 6. The van der Waals surface area contributed by atoms with Crippen molar-refractivity contribution in [3.63, 3.8) is 0 Å². The molecule has 3 heterocycles. The van der Waals surface area contributed by atoms with E-state index in [1.54, 1.807) is 36.9 Å². The van der Waals surface area contributed by atoms with Gasteiger partial charge in [-0.3, -0.25) is 14.8 Å². The first-order valence-corrected chi connectivity index (χ1v) is 10.4. The van der Waals surface area contributed by atoms with Crippen LogP contribution in [0.15, 0.2) is 67.4 Å². The van der Waals surface area contributed by atoms with Crippen molar-refractivity contribution in [3.05, 3.63) is 95.6 Å². The number of nitriles is 1. The summed E-state index contributed by atoms with van der Waals surface area (Å²) < 4.78 is 0. The third-order valence-electron chi connectivity index (χ3n) is 5.07. The lowest BCUT2D eigenvalue weighted by atomic mass is 9.96. The van der Waals surface area contributed by atoms with Gasteiger partial charge in [0.2, 0.25) is 5.82 Å². The molecule has 0 spiro atoms. The third-order valence-corrected chi connectivity index (χ3v) is 5.07. The quantitative estimate of drug-likeness (QED) is 0.484. The first kappa shape index (κ1) is 21.7. The van der Waals surface area contributed by atoms with E-state index in [9.17, 15) is 4.79 Å². The molecule has 4 aromatic rings. The summed E-state index contributed by atoms with van der Waals surface area (Å²) in [7, 11) is 0. The molecule has 0 radical (unpaired) electrons. The van der Waals surface area contributed by atoms with Crippen LogP contribution in [0.1, 0.15) is 45.8 Å². The van der Waals surface area contributed by atoms with Crippen molar-refractivity contribution < 1.29 is 4.79 Å². The fraction of sp³-hybridized carbons (Fsp3) is 0.160. The number of anilines is 1. The van der Waals surface area contributed by atoms with Crippen molar-refractivity contribution in [1.82, 2.24) is 24.9 Å². The van der Waals surface area contributed by atoms with E-state index in [4.69, 9.17) is 5.26 Å². The van der Waals surface area contributed by atoms with Crippen LogP contribution in [0, 0.1) is 18.3 Å². The largest absolute Gasteiger partial charge is 0.322 e. The Hall–Kier alpha value is -4.51. The van der Waals surface area contributed by atoms with Gasteiger partial charge in [0.15, 0.2) is 0 Å². The maximum atomic E-state index is 12.6. The van der Waals surface area contributed by atoms with Crippen molar-refractivity contribution in [1.29, 1.82) is 5.26 Å². The van der Waals surface area contributed by atoms with E-state index < -0.39 is 0 Å². The van der Waals surface area contributed by atoms with Crippen LogP contribution in [-0.4, -0.2) is 30.8 Å². The second kappa shape index (κ2) is 9.75. The van der Waals surface area contributed by atoms with Crippen LogP contribution < -0.4 is 5.32 Å². The number of benzene rings is 1. The number of aromatic nitrogens is 5. The number of nitrogens with zero attached hydrogens (tertiary/aromatic N) is 6. The molecule has 33 heavy (non-hydrogen) atoms. The molecule has 0 aliphatic rings. The Kier molecular flexibility index (Phi) is 6.41. The van der Waals surface area contributed by atoms with Gasteiger partial charge in [0.25, 0.3) is 5.91 Å². The second-order valence-corrected chi connectivity index (χ2v) is 7.71. The molecule has 1 amide bonds. The number of carbonyl (C=O) groups excluding carboxylic acids is 1. The van der Waals surface area contributed by atoms with Crippen molar-refractivity contribution in [2.45, 2.75) is 26.2 Å². The van der Waals surface area contributed by atoms with E-state index in [2.05, 4.69) is 37.2 Å². The first-order valence-electron chi connectivity index (χ1n) is 10.4. The number of aryl methyl sites for hydroxylation is 1. The van der Waals surface area contributed by atoms with Crippen LogP contribution in [0.3, 0.4) is 0 Å². The molecule has 0 bridgehead atoms. The zero-order chi connectivity index (χ0) is 23.2. The summed E-state index contributed by atoms with van der Waals surface area (Å²) in [5.41, 5.74) is 5.18. The van der Waals surface area contributed by atoms with Gasteiger partial charge in [-0.05, 0) is 54.7 Å². The molecule has 1 atom stereocenters. The monoisotopic (exact) mass is 435 g/mol. The average molecular weight is 435 g/mol. The van der Waals surface area contributed by atoms with Crippen LogP contribution in [0.5, 0.6) is 0 Å². The molecule has 1 aromatic carbocycles. The standard InChI is InChI=1S/C25H21N7O/c1-16-8-19(13-27-12-16)25(33)31-20-5-3-4-18(10-20)17(2)9-21-14-28-15-23(30-21)22-6-7-29-24(11-26)32-22/h3-8,10,12-15,17H,9H2,1-2H3,(H,31,33)/t17-/m1/s1. The highest BCUT2D eigenvalue weighted by Gasteiger charge is 2.12. The summed E-state index contributed by atoms with van der Waals surface area (Å²) in [5, 5.41) is 12.0. The molecule has 0 unspecified atom stereocenters. The van der Waals surface area contributed by atoms with E-state index in [1.807, 2.05) is 37.3 Å². The summed E-state index contributed by atoms with van der Waals surface area (Å²) in [6.07, 6.45) is 8.79. The number of pyridine rings is 1. The van der Waals surface area contributed by atoms with E-state index in [0.717, 1.165) is 22.5 Å². The molecular weight excluding hydrogens is 414 g/mol. The molecular formula is C25H21N7O. The number of carbonyl (C=O) groups is 1. The minimum absolute atomic E-state index is 0.0911. The molecule has 8 heteroatoms. The predicted octanol–water partition coefficient (Wildman–Crippen LogP) is 4.11. The van der Waals surface area contributed by atoms with Crippen molar-refractivity contribution in [2.75, 3.05) is 5.32 Å². The summed E-state index contributed by atoms with van der Waals surface area (Å²) in [6, 6.07) is 13.2. The molecule has 3 aromatic heterocycles. The average Bonchev–Trinajstić information content (AvgIpc) is 2.84. The second-order valence-electron chi connectivity index (χ2n) is 7.71. The lowest BCUT2D eigenvalue weighted by molar-refractivity contribution is 0.102. The maximum Gasteiger partial charge on any atom is 0.257 e. The molecule has 1 N–H and O–H groups in total. The van der Waals surface area contributed by atoms with Crippen LogP contribution in [0.4, 0.5) is 5.69 Å². The predicted molar refractivity (Wildman–Crippen MR) is 123 cm³/mol. The molecule has 4 rings (SSSR count). The van der Waals surface area contributed by atoms with Crippen molar-refractivity contribution >= 4 is 11.6 Å².